The summed E-state index contributed by atoms with van der Waals surface area (Å²) in [7, 11) is 2.96. The normalized spacial score (nSPS) is 12.6. The fraction of sp³-hybridized carbons (Fsp3) is 0.200. The van der Waals surface area contributed by atoms with Gasteiger partial charge in [0, 0.05) is 0 Å². The predicted octanol–water partition coefficient (Wildman–Crippen LogP) is 4.41. The summed E-state index contributed by atoms with van der Waals surface area (Å²) in [4.78, 5) is 15.5. The number of esters is 1. The van der Waals surface area contributed by atoms with Crippen LogP contribution < -0.4 is 4.74 Å². The van der Waals surface area contributed by atoms with Crippen molar-refractivity contribution < 1.29 is 14.3 Å². The van der Waals surface area contributed by atoms with E-state index in [1.807, 2.05) is 24.3 Å². The molecule has 4 nitrogen and oxygen atoms in total. The summed E-state index contributed by atoms with van der Waals surface area (Å²) in [5.41, 5.74) is 5.05. The molecule has 0 unspecified atom stereocenters. The molecule has 1 aliphatic rings. The minimum absolute atomic E-state index is 0.358. The Bertz CT molecular complexity index is 875. The lowest BCUT2D eigenvalue weighted by atomic mass is 9.85. The van der Waals surface area contributed by atoms with E-state index in [4.69, 9.17) is 16.0 Å². The van der Waals surface area contributed by atoms with Crippen molar-refractivity contribution in [2.24, 2.45) is 0 Å². The molecular weight excluding hydrogens is 302 g/mol. The maximum Gasteiger partial charge on any atom is 0.337 e. The van der Waals surface area contributed by atoms with E-state index in [0.717, 1.165) is 29.5 Å². The zero-order valence-corrected chi connectivity index (χ0v) is 13.6. The molecule has 0 saturated carbocycles. The summed E-state index contributed by atoms with van der Waals surface area (Å²) in [6, 6.07) is 11.1. The molecule has 2 aromatic carbocycles. The highest BCUT2D eigenvalue weighted by atomic mass is 16.5. The van der Waals surface area contributed by atoms with Gasteiger partial charge in [-0.25, -0.2) is 9.64 Å². The number of hydrogen-bond donors (Lipinski definition) is 0. The van der Waals surface area contributed by atoms with Crippen LogP contribution in [-0.4, -0.2) is 20.2 Å². The third-order valence-electron chi connectivity index (χ3n) is 4.20. The summed E-state index contributed by atoms with van der Waals surface area (Å²) in [5, 5.41) is 0. The van der Waals surface area contributed by atoms with E-state index in [1.54, 1.807) is 19.2 Å². The zero-order chi connectivity index (χ0) is 17.1. The van der Waals surface area contributed by atoms with Crippen LogP contribution in [0, 0.1) is 6.57 Å². The van der Waals surface area contributed by atoms with Gasteiger partial charge in [-0.2, -0.15) is 0 Å². The number of carbonyl (C=O) groups is 1. The van der Waals surface area contributed by atoms with E-state index < -0.39 is 0 Å². The number of rotatable bonds is 3. The van der Waals surface area contributed by atoms with Crippen LogP contribution in [0.4, 0.5) is 5.69 Å². The van der Waals surface area contributed by atoms with Gasteiger partial charge in [0.05, 0.1) is 26.4 Å². The first-order valence-electron chi connectivity index (χ1n) is 7.65. The molecule has 0 saturated heterocycles. The van der Waals surface area contributed by atoms with Crippen LogP contribution in [0.15, 0.2) is 42.5 Å². The molecule has 0 bridgehead atoms. The second kappa shape index (κ2) is 6.59. The molecule has 1 aliphatic carbocycles. The van der Waals surface area contributed by atoms with Crippen LogP contribution >= 0.6 is 0 Å². The van der Waals surface area contributed by atoms with Gasteiger partial charge in [0.25, 0.3) is 0 Å². The first-order valence-corrected chi connectivity index (χ1v) is 7.65. The van der Waals surface area contributed by atoms with Gasteiger partial charge in [0.15, 0.2) is 5.69 Å². The average Bonchev–Trinajstić information content (AvgIpc) is 2.65. The molecule has 0 amide bonds. The van der Waals surface area contributed by atoms with Crippen LogP contribution in [-0.2, 0) is 11.2 Å². The maximum absolute atomic E-state index is 11.8. The molecule has 0 atom stereocenters. The Labute approximate surface area is 141 Å². The molecule has 0 aliphatic heterocycles. The van der Waals surface area contributed by atoms with Gasteiger partial charge >= 0.3 is 5.97 Å². The molecule has 0 aromatic heterocycles. The zero-order valence-electron chi connectivity index (χ0n) is 13.6. The van der Waals surface area contributed by atoms with Gasteiger partial charge in [0.1, 0.15) is 5.75 Å². The van der Waals surface area contributed by atoms with Gasteiger partial charge < -0.3 is 9.47 Å². The third-order valence-corrected chi connectivity index (χ3v) is 4.20. The Kier molecular flexibility index (Phi) is 4.35. The minimum Gasteiger partial charge on any atom is -0.498 e. The first kappa shape index (κ1) is 15.8. The van der Waals surface area contributed by atoms with Crippen molar-refractivity contribution in [1.29, 1.82) is 0 Å². The van der Waals surface area contributed by atoms with E-state index in [0.29, 0.717) is 17.0 Å². The van der Waals surface area contributed by atoms with Gasteiger partial charge in [-0.15, -0.1) is 0 Å². The molecule has 0 N–H and O–H groups in total. The van der Waals surface area contributed by atoms with Crippen molar-refractivity contribution in [2.75, 3.05) is 14.2 Å². The highest BCUT2D eigenvalue weighted by Gasteiger charge is 2.19. The number of methoxy groups -OCH3 is 2. The maximum atomic E-state index is 11.8. The number of hydrogen-bond acceptors (Lipinski definition) is 3. The highest BCUT2D eigenvalue weighted by Crippen LogP contribution is 2.38. The molecule has 0 heterocycles. The van der Waals surface area contributed by atoms with Gasteiger partial charge in [-0.3, -0.25) is 0 Å². The SMILES string of the molecule is [C-]#[N+]c1cc(OC)ccc1C1=CCCc2ccc(C(=O)OC)cc21. The fourth-order valence-corrected chi connectivity index (χ4v) is 2.99. The Balaban J connectivity index is 2.13. The van der Waals surface area contributed by atoms with Crippen LogP contribution in [0.25, 0.3) is 10.4 Å². The Morgan fingerprint density at radius 1 is 1.12 bits per heavy atom. The number of nitrogens with zero attached hydrogens (tertiary/aromatic N) is 1. The van der Waals surface area contributed by atoms with Crippen molar-refractivity contribution >= 4 is 17.2 Å². The molecule has 0 radical (unpaired) electrons. The van der Waals surface area contributed by atoms with Gasteiger partial charge in [-0.05, 0) is 59.4 Å². The Morgan fingerprint density at radius 2 is 1.96 bits per heavy atom. The molecule has 3 rings (SSSR count). The monoisotopic (exact) mass is 319 g/mol. The smallest absolute Gasteiger partial charge is 0.337 e. The van der Waals surface area contributed by atoms with E-state index in [9.17, 15) is 4.79 Å². The number of aryl methyl sites for hydroxylation is 1. The topological polar surface area (TPSA) is 39.9 Å². The fourth-order valence-electron chi connectivity index (χ4n) is 2.99. The van der Waals surface area contributed by atoms with Crippen LogP contribution in [0.3, 0.4) is 0 Å². The summed E-state index contributed by atoms with van der Waals surface area (Å²) < 4.78 is 10.0. The molecule has 0 fully saturated rings. The molecule has 0 spiro atoms. The number of ether oxygens (including phenoxy) is 2. The predicted molar refractivity (Wildman–Crippen MR) is 92.4 cm³/mol. The number of allylic oxidation sites excluding steroid dienone is 1. The first-order chi connectivity index (χ1) is 11.7. The van der Waals surface area contributed by atoms with Crippen LogP contribution in [0.1, 0.15) is 33.5 Å². The lowest BCUT2D eigenvalue weighted by Crippen LogP contribution is -2.06. The second-order valence-electron chi connectivity index (χ2n) is 5.51. The van der Waals surface area contributed by atoms with Gasteiger partial charge in [-0.1, -0.05) is 18.2 Å². The Hall–Kier alpha value is -3.06. The van der Waals surface area contributed by atoms with Crippen LogP contribution in [0.5, 0.6) is 5.75 Å². The number of carbonyl (C=O) groups excluding carboxylic acids is 1. The molecular formula is C20H17NO3. The van der Waals surface area contributed by atoms with E-state index in [-0.39, 0.29) is 5.97 Å². The summed E-state index contributed by atoms with van der Waals surface area (Å²) in [6.45, 7) is 7.47. The van der Waals surface area contributed by atoms with Crippen molar-refractivity contribution in [3.63, 3.8) is 0 Å². The lowest BCUT2D eigenvalue weighted by Gasteiger charge is -2.20. The number of fused-ring (bicyclic) bond motifs is 1. The lowest BCUT2D eigenvalue weighted by molar-refractivity contribution is 0.0600. The minimum atomic E-state index is -0.358. The summed E-state index contributed by atoms with van der Waals surface area (Å²) >= 11 is 0. The Morgan fingerprint density at radius 3 is 2.67 bits per heavy atom. The third kappa shape index (κ3) is 2.77. The van der Waals surface area contributed by atoms with Crippen molar-refractivity contribution in [3.8, 4) is 5.75 Å². The number of benzene rings is 2. The quantitative estimate of drug-likeness (QED) is 0.621. The van der Waals surface area contributed by atoms with E-state index in [1.165, 1.54) is 12.7 Å². The summed E-state index contributed by atoms with van der Waals surface area (Å²) in [6.07, 6.45) is 3.95. The van der Waals surface area contributed by atoms with Crippen molar-refractivity contribution in [3.05, 3.63) is 76.1 Å². The molecule has 4 heteroatoms. The standard InChI is InChI=1S/C20H17NO3/c1-21-19-12-15(23-2)9-10-17(19)16-6-4-5-13-7-8-14(11-18(13)16)20(22)24-3/h6-12H,4-5H2,2-3H3. The van der Waals surface area contributed by atoms with Crippen molar-refractivity contribution in [1.82, 2.24) is 0 Å². The molecule has 2 aromatic rings. The molecule has 120 valence electrons. The molecule has 24 heavy (non-hydrogen) atoms. The van der Waals surface area contributed by atoms with Crippen molar-refractivity contribution in [2.45, 2.75) is 12.8 Å². The van der Waals surface area contributed by atoms with E-state index in [2.05, 4.69) is 10.9 Å². The highest BCUT2D eigenvalue weighted by molar-refractivity contribution is 5.94. The largest absolute Gasteiger partial charge is 0.498 e. The second-order valence-corrected chi connectivity index (χ2v) is 5.51. The van der Waals surface area contributed by atoms with E-state index >= 15 is 0 Å². The average molecular weight is 319 g/mol. The van der Waals surface area contributed by atoms with Crippen LogP contribution in [0.2, 0.25) is 0 Å². The van der Waals surface area contributed by atoms with Gasteiger partial charge in [0.2, 0.25) is 0 Å². The summed E-state index contributed by atoms with van der Waals surface area (Å²) in [5.74, 6) is 0.299.